The van der Waals surface area contributed by atoms with Gasteiger partial charge in [-0.3, -0.25) is 4.68 Å². The molecule has 0 saturated heterocycles. The van der Waals surface area contributed by atoms with Crippen LogP contribution in [0.5, 0.6) is 0 Å². The number of aliphatic hydroxyl groups excluding tert-OH is 2. The Labute approximate surface area is 103 Å². The fourth-order valence-electron chi connectivity index (χ4n) is 1.80. The van der Waals surface area contributed by atoms with Crippen LogP contribution in [0.15, 0.2) is 12.3 Å². The Kier molecular flexibility index (Phi) is 5.15. The first-order valence-corrected chi connectivity index (χ1v) is 6.36. The zero-order valence-corrected chi connectivity index (χ0v) is 11.1. The molecule has 2 N–H and O–H groups in total. The van der Waals surface area contributed by atoms with Crippen LogP contribution >= 0.6 is 0 Å². The summed E-state index contributed by atoms with van der Waals surface area (Å²) in [6, 6.07) is 2.37. The second kappa shape index (κ2) is 6.17. The van der Waals surface area contributed by atoms with Crippen LogP contribution in [0, 0.1) is 5.41 Å². The summed E-state index contributed by atoms with van der Waals surface area (Å²) in [5.41, 5.74) is 0.504. The second-order valence-electron chi connectivity index (χ2n) is 4.89. The number of aliphatic hydroxyl groups is 2. The molecule has 1 heterocycles. The molecule has 0 aliphatic rings. The van der Waals surface area contributed by atoms with E-state index < -0.39 is 5.41 Å². The molecule has 1 aromatic rings. The van der Waals surface area contributed by atoms with Crippen LogP contribution in [0.25, 0.3) is 0 Å². The zero-order valence-electron chi connectivity index (χ0n) is 11.1. The van der Waals surface area contributed by atoms with Gasteiger partial charge in [0.05, 0.1) is 18.9 Å². The lowest BCUT2D eigenvalue weighted by atomic mass is 9.82. The summed E-state index contributed by atoms with van der Waals surface area (Å²) < 4.78 is 1.95. The molecule has 0 aliphatic heterocycles. The van der Waals surface area contributed by atoms with Crippen molar-refractivity contribution in [3.05, 3.63) is 18.0 Å². The molecule has 0 spiro atoms. The van der Waals surface area contributed by atoms with Gasteiger partial charge in [-0.2, -0.15) is 5.10 Å². The molecule has 4 nitrogen and oxygen atoms in total. The van der Waals surface area contributed by atoms with E-state index in [-0.39, 0.29) is 13.2 Å². The van der Waals surface area contributed by atoms with Crippen LogP contribution in [0.1, 0.15) is 45.3 Å². The summed E-state index contributed by atoms with van der Waals surface area (Å²) in [6.45, 7) is 6.23. The van der Waals surface area contributed by atoms with E-state index in [1.54, 1.807) is 0 Å². The fourth-order valence-corrected chi connectivity index (χ4v) is 1.80. The Bertz CT molecular complexity index is 324. The summed E-state index contributed by atoms with van der Waals surface area (Å²) in [7, 11) is 0. The fraction of sp³-hybridized carbons (Fsp3) is 0.769. The number of hydrogen-bond acceptors (Lipinski definition) is 3. The van der Waals surface area contributed by atoms with E-state index in [0.29, 0.717) is 12.5 Å². The second-order valence-corrected chi connectivity index (χ2v) is 4.89. The summed E-state index contributed by atoms with van der Waals surface area (Å²) in [4.78, 5) is 0. The minimum absolute atomic E-state index is 0.00378. The van der Waals surface area contributed by atoms with Gasteiger partial charge in [-0.1, -0.05) is 13.8 Å². The average Bonchev–Trinajstić information content (AvgIpc) is 2.83. The molecule has 1 atom stereocenters. The van der Waals surface area contributed by atoms with Crippen LogP contribution in [0.3, 0.4) is 0 Å². The molecule has 0 amide bonds. The van der Waals surface area contributed by atoms with Crippen molar-refractivity contribution in [3.8, 4) is 0 Å². The maximum absolute atomic E-state index is 9.41. The van der Waals surface area contributed by atoms with Crippen LogP contribution in [-0.2, 0) is 6.42 Å². The lowest BCUT2D eigenvalue weighted by Crippen LogP contribution is -2.31. The van der Waals surface area contributed by atoms with Crippen molar-refractivity contribution in [2.75, 3.05) is 13.2 Å². The lowest BCUT2D eigenvalue weighted by Gasteiger charge is -2.27. The van der Waals surface area contributed by atoms with Gasteiger partial charge in [0.15, 0.2) is 0 Å². The molecule has 1 aromatic heterocycles. The number of rotatable bonds is 7. The Morgan fingerprint density at radius 2 is 2.00 bits per heavy atom. The summed E-state index contributed by atoms with van der Waals surface area (Å²) >= 11 is 0. The lowest BCUT2D eigenvalue weighted by molar-refractivity contribution is 0.0504. The Balaban J connectivity index is 2.77. The Morgan fingerprint density at radius 1 is 1.35 bits per heavy atom. The Hall–Kier alpha value is -0.870. The molecule has 1 unspecified atom stereocenters. The molecule has 0 radical (unpaired) electrons. The minimum Gasteiger partial charge on any atom is -0.396 e. The number of nitrogens with zero attached hydrogens (tertiary/aromatic N) is 2. The SMILES string of the molecule is CCC(C)n1ccc(CC(CC)(CO)CO)n1. The monoisotopic (exact) mass is 240 g/mol. The standard InChI is InChI=1S/C13H24N2O2/c1-4-11(3)15-7-6-12(14-15)8-13(5-2,9-16)10-17/h6-7,11,16-17H,4-5,8-10H2,1-3H3. The molecule has 0 saturated carbocycles. The molecule has 1 rings (SSSR count). The van der Waals surface area contributed by atoms with E-state index in [2.05, 4.69) is 18.9 Å². The number of aromatic nitrogens is 2. The van der Waals surface area contributed by atoms with Crippen LogP contribution in [-0.4, -0.2) is 33.2 Å². The molecule has 98 valence electrons. The van der Waals surface area contributed by atoms with E-state index >= 15 is 0 Å². The van der Waals surface area contributed by atoms with Crippen molar-refractivity contribution in [1.82, 2.24) is 9.78 Å². The van der Waals surface area contributed by atoms with Crippen molar-refractivity contribution in [2.45, 2.75) is 46.1 Å². The van der Waals surface area contributed by atoms with Crippen molar-refractivity contribution in [3.63, 3.8) is 0 Å². The molecular formula is C13H24N2O2. The highest BCUT2D eigenvalue weighted by Gasteiger charge is 2.28. The van der Waals surface area contributed by atoms with Gasteiger partial charge in [-0.15, -0.1) is 0 Å². The van der Waals surface area contributed by atoms with Crippen LogP contribution in [0.4, 0.5) is 0 Å². The molecule has 0 aliphatic carbocycles. The first-order valence-electron chi connectivity index (χ1n) is 6.36. The summed E-state index contributed by atoms with van der Waals surface area (Å²) in [5.74, 6) is 0. The summed E-state index contributed by atoms with van der Waals surface area (Å²) in [6.07, 6.45) is 4.38. The molecular weight excluding hydrogens is 216 g/mol. The highest BCUT2D eigenvalue weighted by molar-refractivity contribution is 5.04. The molecule has 0 aromatic carbocycles. The normalized spacial score (nSPS) is 13.9. The maximum Gasteiger partial charge on any atom is 0.0632 e. The van der Waals surface area contributed by atoms with Gasteiger partial charge in [-0.05, 0) is 25.8 Å². The van der Waals surface area contributed by atoms with Crippen molar-refractivity contribution in [1.29, 1.82) is 0 Å². The summed E-state index contributed by atoms with van der Waals surface area (Å²) in [5, 5.41) is 23.3. The van der Waals surface area contributed by atoms with Crippen molar-refractivity contribution in [2.24, 2.45) is 5.41 Å². The van der Waals surface area contributed by atoms with Crippen molar-refractivity contribution >= 4 is 0 Å². The third-order valence-corrected chi connectivity index (χ3v) is 3.68. The first kappa shape index (κ1) is 14.2. The predicted octanol–water partition coefficient (Wildman–Crippen LogP) is 1.78. The third-order valence-electron chi connectivity index (χ3n) is 3.68. The van der Waals surface area contributed by atoms with Gasteiger partial charge in [0.2, 0.25) is 0 Å². The van der Waals surface area contributed by atoms with Crippen molar-refractivity contribution < 1.29 is 10.2 Å². The van der Waals surface area contributed by atoms with Gasteiger partial charge >= 0.3 is 0 Å². The predicted molar refractivity (Wildman–Crippen MR) is 67.8 cm³/mol. The highest BCUT2D eigenvalue weighted by Crippen LogP contribution is 2.25. The zero-order chi connectivity index (χ0) is 12.9. The molecule has 0 fully saturated rings. The smallest absolute Gasteiger partial charge is 0.0632 e. The van der Waals surface area contributed by atoms with Gasteiger partial charge in [0.1, 0.15) is 0 Å². The van der Waals surface area contributed by atoms with E-state index in [9.17, 15) is 10.2 Å². The van der Waals surface area contributed by atoms with Gasteiger partial charge < -0.3 is 10.2 Å². The third kappa shape index (κ3) is 3.30. The molecule has 17 heavy (non-hydrogen) atoms. The molecule has 4 heteroatoms. The average molecular weight is 240 g/mol. The number of hydrogen-bond donors (Lipinski definition) is 2. The topological polar surface area (TPSA) is 58.3 Å². The van der Waals surface area contributed by atoms with E-state index in [1.165, 1.54) is 0 Å². The van der Waals surface area contributed by atoms with Gasteiger partial charge in [0, 0.05) is 24.1 Å². The quantitative estimate of drug-likeness (QED) is 0.763. The Morgan fingerprint density at radius 3 is 2.47 bits per heavy atom. The highest BCUT2D eigenvalue weighted by atomic mass is 16.3. The van der Waals surface area contributed by atoms with Crippen LogP contribution < -0.4 is 0 Å². The minimum atomic E-state index is -0.436. The molecule has 0 bridgehead atoms. The van der Waals surface area contributed by atoms with E-state index in [0.717, 1.165) is 18.5 Å². The van der Waals surface area contributed by atoms with E-state index in [1.807, 2.05) is 23.9 Å². The van der Waals surface area contributed by atoms with Gasteiger partial charge in [0.25, 0.3) is 0 Å². The van der Waals surface area contributed by atoms with Gasteiger partial charge in [-0.25, -0.2) is 0 Å². The largest absolute Gasteiger partial charge is 0.396 e. The van der Waals surface area contributed by atoms with E-state index in [4.69, 9.17) is 0 Å². The van der Waals surface area contributed by atoms with Crippen LogP contribution in [0.2, 0.25) is 0 Å². The first-order chi connectivity index (χ1) is 8.10. The maximum atomic E-state index is 9.41.